The van der Waals surface area contributed by atoms with E-state index in [0.717, 1.165) is 11.3 Å². The number of nitrogens with two attached hydrogens (primary N) is 1. The largest absolute Gasteiger partial charge is 0.393 e. The normalized spacial score (nSPS) is 12.5. The highest BCUT2D eigenvalue weighted by Crippen LogP contribution is 2.42. The van der Waals surface area contributed by atoms with Crippen molar-refractivity contribution in [2.24, 2.45) is 11.0 Å². The van der Waals surface area contributed by atoms with E-state index in [4.69, 9.17) is 11.3 Å². The van der Waals surface area contributed by atoms with E-state index >= 15 is 0 Å². The number of aliphatic hydroxyl groups excluding tert-OH is 2. The molecular formula is C33H37FN6O4. The average Bonchev–Trinajstić information content (AvgIpc) is 3.35. The van der Waals surface area contributed by atoms with E-state index in [9.17, 15) is 24.2 Å². The van der Waals surface area contributed by atoms with Crippen LogP contribution in [0.15, 0.2) is 90.2 Å². The molecule has 3 amide bonds. The van der Waals surface area contributed by atoms with E-state index in [1.54, 1.807) is 12.1 Å². The lowest BCUT2D eigenvalue weighted by molar-refractivity contribution is 0.0545. The Balaban J connectivity index is 1.82. The number of aliphatic hydroxyl groups is 2. The number of urea groups is 1. The van der Waals surface area contributed by atoms with Gasteiger partial charge in [-0.2, -0.15) is 10.5 Å². The van der Waals surface area contributed by atoms with Gasteiger partial charge in [-0.3, -0.25) is 4.79 Å². The second kappa shape index (κ2) is 14.5. The summed E-state index contributed by atoms with van der Waals surface area (Å²) in [6.45, 7) is 3.89. The fourth-order valence-electron chi connectivity index (χ4n) is 5.37. The number of amides is 3. The molecule has 0 saturated heterocycles. The van der Waals surface area contributed by atoms with Gasteiger partial charge in [0, 0.05) is 29.9 Å². The zero-order valence-corrected chi connectivity index (χ0v) is 24.7. The molecule has 44 heavy (non-hydrogen) atoms. The molecule has 11 heteroatoms. The molecule has 0 radical (unpaired) electrons. The highest BCUT2D eigenvalue weighted by atomic mass is 19.1. The molecule has 6 N–H and O–H groups in total. The first-order valence-electron chi connectivity index (χ1n) is 14.3. The van der Waals surface area contributed by atoms with Crippen LogP contribution >= 0.6 is 0 Å². The van der Waals surface area contributed by atoms with Gasteiger partial charge in [0.1, 0.15) is 5.82 Å². The first-order chi connectivity index (χ1) is 21.1. The number of carbonyl (C=O) groups is 2. The SMILES string of the molecule is CC(C)c1c(C(=O)Nc2ccccc2)c(-c2ccccc2)c(-c2ccc(F)cc2)n1CC[C@@H](O)C[C@@H](O)CN(N=N)C(N)=O. The molecule has 0 fully saturated rings. The Morgan fingerprint density at radius 2 is 1.57 bits per heavy atom. The summed E-state index contributed by atoms with van der Waals surface area (Å²) in [6.07, 6.45) is -2.10. The minimum absolute atomic E-state index is 0.101. The maximum absolute atomic E-state index is 14.1. The van der Waals surface area contributed by atoms with E-state index in [1.807, 2.05) is 79.1 Å². The van der Waals surface area contributed by atoms with Crippen molar-refractivity contribution in [2.75, 3.05) is 11.9 Å². The number of nitrogens with zero attached hydrogens (tertiary/aromatic N) is 3. The van der Waals surface area contributed by atoms with Crippen LogP contribution in [0.25, 0.3) is 22.4 Å². The van der Waals surface area contributed by atoms with Crippen molar-refractivity contribution in [3.63, 3.8) is 0 Å². The van der Waals surface area contributed by atoms with Crippen molar-refractivity contribution >= 4 is 17.6 Å². The second-order valence-corrected chi connectivity index (χ2v) is 10.8. The van der Waals surface area contributed by atoms with Gasteiger partial charge in [0.15, 0.2) is 0 Å². The molecule has 0 saturated carbocycles. The van der Waals surface area contributed by atoms with Gasteiger partial charge in [-0.05, 0) is 59.9 Å². The van der Waals surface area contributed by atoms with Gasteiger partial charge >= 0.3 is 6.03 Å². The van der Waals surface area contributed by atoms with Crippen LogP contribution in [0.2, 0.25) is 0 Å². The molecule has 2 atom stereocenters. The number of hydrogen-bond acceptors (Lipinski definition) is 6. The minimum Gasteiger partial charge on any atom is -0.393 e. The summed E-state index contributed by atoms with van der Waals surface area (Å²) in [6, 6.07) is 23.7. The average molecular weight is 601 g/mol. The van der Waals surface area contributed by atoms with Gasteiger partial charge in [0.2, 0.25) is 0 Å². The molecule has 0 aliphatic rings. The molecule has 3 aromatic carbocycles. The Morgan fingerprint density at radius 3 is 2.14 bits per heavy atom. The molecule has 10 nitrogen and oxygen atoms in total. The van der Waals surface area contributed by atoms with Gasteiger partial charge in [-0.25, -0.2) is 9.18 Å². The zero-order valence-electron chi connectivity index (χ0n) is 24.7. The van der Waals surface area contributed by atoms with Gasteiger partial charge in [-0.15, -0.1) is 0 Å². The number of halogens is 1. The molecule has 0 bridgehead atoms. The monoisotopic (exact) mass is 600 g/mol. The van der Waals surface area contributed by atoms with Crippen molar-refractivity contribution in [1.29, 1.82) is 5.53 Å². The van der Waals surface area contributed by atoms with Crippen molar-refractivity contribution in [1.82, 2.24) is 9.58 Å². The van der Waals surface area contributed by atoms with Crippen LogP contribution in [-0.4, -0.2) is 50.5 Å². The number of rotatable bonds is 13. The van der Waals surface area contributed by atoms with E-state index in [2.05, 4.69) is 10.5 Å². The molecule has 0 unspecified atom stereocenters. The highest BCUT2D eigenvalue weighted by molar-refractivity contribution is 6.12. The summed E-state index contributed by atoms with van der Waals surface area (Å²) in [5.74, 6) is -0.829. The van der Waals surface area contributed by atoms with Gasteiger partial charge in [0.25, 0.3) is 5.91 Å². The number of anilines is 1. The lowest BCUT2D eigenvalue weighted by Crippen LogP contribution is -2.38. The van der Waals surface area contributed by atoms with Crippen molar-refractivity contribution in [3.8, 4) is 22.4 Å². The van der Waals surface area contributed by atoms with Gasteiger partial charge in [-0.1, -0.05) is 67.6 Å². The Hall–Kier alpha value is -4.87. The van der Waals surface area contributed by atoms with Crippen molar-refractivity contribution < 1.29 is 24.2 Å². The third kappa shape index (κ3) is 7.55. The van der Waals surface area contributed by atoms with Crippen LogP contribution in [0.4, 0.5) is 14.9 Å². The Kier molecular flexibility index (Phi) is 10.6. The topological polar surface area (TPSA) is 157 Å². The fourth-order valence-corrected chi connectivity index (χ4v) is 5.37. The van der Waals surface area contributed by atoms with Crippen LogP contribution in [0.1, 0.15) is 48.7 Å². The Morgan fingerprint density at radius 1 is 0.955 bits per heavy atom. The van der Waals surface area contributed by atoms with E-state index in [-0.39, 0.29) is 37.8 Å². The van der Waals surface area contributed by atoms with Crippen LogP contribution < -0.4 is 11.1 Å². The predicted molar refractivity (Wildman–Crippen MR) is 166 cm³/mol. The van der Waals surface area contributed by atoms with Crippen LogP contribution in [0.5, 0.6) is 0 Å². The van der Waals surface area contributed by atoms with Gasteiger partial charge < -0.3 is 25.8 Å². The fraction of sp³-hybridized carbons (Fsp3) is 0.273. The first kappa shape index (κ1) is 32.1. The lowest BCUT2D eigenvalue weighted by atomic mass is 9.94. The number of para-hydroxylation sites is 1. The molecule has 0 spiro atoms. The standard InChI is InChI=1S/C33H37FN6O4/c1-21(2)30-29(32(43)37-25-11-7-4-8-12-25)28(22-9-5-3-6-10-22)31(23-13-15-24(34)16-14-23)39(30)18-17-26(41)19-27(42)20-40(38-36)33(35)44/h3-16,21,26-27,36,41-42H,17-20H2,1-2H3,(H2,35,44)(H,37,43)/t26-,27-/m1/s1. The Labute approximate surface area is 255 Å². The number of nitrogens with one attached hydrogen (secondary N) is 2. The molecule has 0 aliphatic heterocycles. The van der Waals surface area contributed by atoms with E-state index in [0.29, 0.717) is 33.1 Å². The summed E-state index contributed by atoms with van der Waals surface area (Å²) in [5.41, 5.74) is 16.9. The molecule has 0 aliphatic carbocycles. The third-order valence-corrected chi connectivity index (χ3v) is 7.28. The maximum atomic E-state index is 14.1. The summed E-state index contributed by atoms with van der Waals surface area (Å²) in [5, 5.41) is 28.0. The summed E-state index contributed by atoms with van der Waals surface area (Å²) in [4.78, 5) is 25.5. The van der Waals surface area contributed by atoms with Crippen LogP contribution in [0, 0.1) is 11.3 Å². The molecule has 4 rings (SSSR count). The predicted octanol–water partition coefficient (Wildman–Crippen LogP) is 6.17. The summed E-state index contributed by atoms with van der Waals surface area (Å²) in [7, 11) is 0. The molecule has 1 aromatic heterocycles. The van der Waals surface area contributed by atoms with Gasteiger partial charge in [0.05, 0.1) is 30.0 Å². The minimum atomic E-state index is -1.18. The molecule has 230 valence electrons. The number of aromatic nitrogens is 1. The van der Waals surface area contributed by atoms with Crippen LogP contribution in [-0.2, 0) is 6.54 Å². The zero-order chi connectivity index (χ0) is 31.8. The third-order valence-electron chi connectivity index (χ3n) is 7.28. The number of carbonyl (C=O) groups excluding carboxylic acids is 2. The van der Waals surface area contributed by atoms with Crippen molar-refractivity contribution in [3.05, 3.63) is 102 Å². The molecule has 1 heterocycles. The number of hydrogen-bond donors (Lipinski definition) is 5. The van der Waals surface area contributed by atoms with Crippen molar-refractivity contribution in [2.45, 2.75) is 51.4 Å². The number of benzene rings is 3. The summed E-state index contributed by atoms with van der Waals surface area (Å²) >= 11 is 0. The lowest BCUT2D eigenvalue weighted by Gasteiger charge is -2.21. The Bertz CT molecular complexity index is 1580. The quantitative estimate of drug-likeness (QED) is 0.0919. The number of primary amides is 1. The first-order valence-corrected chi connectivity index (χ1v) is 14.3. The smallest absolute Gasteiger partial charge is 0.336 e. The molecule has 4 aromatic rings. The molecular weight excluding hydrogens is 563 g/mol. The van der Waals surface area contributed by atoms with Crippen LogP contribution in [0.3, 0.4) is 0 Å². The van der Waals surface area contributed by atoms with E-state index in [1.165, 1.54) is 12.1 Å². The second-order valence-electron chi connectivity index (χ2n) is 10.8. The highest BCUT2D eigenvalue weighted by Gasteiger charge is 2.31. The van der Waals surface area contributed by atoms with E-state index < -0.39 is 24.1 Å². The maximum Gasteiger partial charge on any atom is 0.336 e. The summed E-state index contributed by atoms with van der Waals surface area (Å²) < 4.78 is 16.1.